The van der Waals surface area contributed by atoms with E-state index >= 15 is 0 Å². The molecule has 0 bridgehead atoms. The van der Waals surface area contributed by atoms with Gasteiger partial charge in [-0.15, -0.1) is 0 Å². The van der Waals surface area contributed by atoms with Crippen molar-refractivity contribution in [3.05, 3.63) is 89.8 Å². The van der Waals surface area contributed by atoms with Crippen molar-refractivity contribution in [2.45, 2.75) is 25.6 Å². The molecule has 6 nitrogen and oxygen atoms in total. The van der Waals surface area contributed by atoms with Gasteiger partial charge in [-0.3, -0.25) is 4.90 Å². The highest BCUT2D eigenvalue weighted by molar-refractivity contribution is 5.53. The summed E-state index contributed by atoms with van der Waals surface area (Å²) < 4.78 is 5.68. The third-order valence-electron chi connectivity index (χ3n) is 4.98. The van der Waals surface area contributed by atoms with Crippen LogP contribution in [0.4, 0.5) is 0 Å². The van der Waals surface area contributed by atoms with Gasteiger partial charge in [0.2, 0.25) is 11.7 Å². The summed E-state index contributed by atoms with van der Waals surface area (Å²) in [5, 5.41) is 4.21. The molecule has 1 aliphatic heterocycles. The van der Waals surface area contributed by atoms with Gasteiger partial charge >= 0.3 is 0 Å². The van der Waals surface area contributed by atoms with Crippen LogP contribution in [0, 0.1) is 0 Å². The molecule has 3 heterocycles. The average Bonchev–Trinajstić information content (AvgIpc) is 3.38. The monoisotopic (exact) mass is 357 g/mol. The Morgan fingerprint density at radius 2 is 1.81 bits per heavy atom. The highest BCUT2D eigenvalue weighted by atomic mass is 16.5. The van der Waals surface area contributed by atoms with Crippen LogP contribution in [0.2, 0.25) is 0 Å². The molecule has 0 fully saturated rings. The number of nitrogens with one attached hydrogen (secondary N) is 1. The van der Waals surface area contributed by atoms with Crippen LogP contribution < -0.4 is 0 Å². The predicted octanol–water partition coefficient (Wildman–Crippen LogP) is 3.76. The van der Waals surface area contributed by atoms with Crippen molar-refractivity contribution in [3.63, 3.8) is 0 Å². The summed E-state index contributed by atoms with van der Waals surface area (Å²) in [6, 6.07) is 20.4. The Morgan fingerprint density at radius 1 is 1.04 bits per heavy atom. The summed E-state index contributed by atoms with van der Waals surface area (Å²) in [5.74, 6) is 1.26. The Kier molecular flexibility index (Phi) is 4.03. The van der Waals surface area contributed by atoms with E-state index in [9.17, 15) is 0 Å². The van der Waals surface area contributed by atoms with E-state index in [0.29, 0.717) is 11.7 Å². The molecule has 1 unspecified atom stereocenters. The fraction of sp³-hybridized carbons (Fsp3) is 0.190. The molecule has 1 atom stereocenters. The topological polar surface area (TPSA) is 70.8 Å². The van der Waals surface area contributed by atoms with E-state index in [-0.39, 0.29) is 6.04 Å². The summed E-state index contributed by atoms with van der Waals surface area (Å²) in [5.41, 5.74) is 4.44. The van der Waals surface area contributed by atoms with Gasteiger partial charge in [-0.2, -0.15) is 4.98 Å². The Morgan fingerprint density at radius 3 is 2.63 bits per heavy atom. The van der Waals surface area contributed by atoms with Gasteiger partial charge in [-0.05, 0) is 5.56 Å². The standard InChI is InChI=1S/C21H19N5O/c1-3-7-15(8-4-1)12-26-13-18-17(22-14-23-18)11-19(26)21-24-20(25-27-21)16-9-5-2-6-10-16/h1-10,14,19H,11-13H2,(H,22,23). The van der Waals surface area contributed by atoms with E-state index in [4.69, 9.17) is 9.51 Å². The van der Waals surface area contributed by atoms with Crippen molar-refractivity contribution in [3.8, 4) is 11.4 Å². The highest BCUT2D eigenvalue weighted by Crippen LogP contribution is 2.33. The number of aromatic nitrogens is 4. The van der Waals surface area contributed by atoms with E-state index in [1.807, 2.05) is 36.4 Å². The minimum atomic E-state index is 0.00553. The van der Waals surface area contributed by atoms with Gasteiger partial charge in [0.1, 0.15) is 0 Å². The van der Waals surface area contributed by atoms with Crippen molar-refractivity contribution in [1.29, 1.82) is 0 Å². The molecular weight excluding hydrogens is 338 g/mol. The maximum Gasteiger partial charge on any atom is 0.244 e. The molecular formula is C21H19N5O. The molecule has 27 heavy (non-hydrogen) atoms. The van der Waals surface area contributed by atoms with E-state index in [2.05, 4.69) is 44.3 Å². The Labute approximate surface area is 156 Å². The van der Waals surface area contributed by atoms with E-state index in [1.54, 1.807) is 6.33 Å². The summed E-state index contributed by atoms with van der Waals surface area (Å²) in [4.78, 5) is 14.8. The zero-order valence-corrected chi connectivity index (χ0v) is 14.7. The fourth-order valence-corrected chi connectivity index (χ4v) is 3.59. The van der Waals surface area contributed by atoms with Crippen LogP contribution in [0.3, 0.4) is 0 Å². The van der Waals surface area contributed by atoms with E-state index in [1.165, 1.54) is 5.56 Å². The first-order chi connectivity index (χ1) is 13.4. The fourth-order valence-electron chi connectivity index (χ4n) is 3.59. The molecule has 0 saturated carbocycles. The molecule has 1 aliphatic rings. The molecule has 0 amide bonds. The first-order valence-electron chi connectivity index (χ1n) is 9.05. The van der Waals surface area contributed by atoms with Gasteiger partial charge in [0.15, 0.2) is 0 Å². The lowest BCUT2D eigenvalue weighted by Gasteiger charge is -2.32. The SMILES string of the molecule is c1ccc(CN2Cc3[nH]cnc3CC2c2nc(-c3ccccc3)no2)cc1. The minimum absolute atomic E-state index is 0.00553. The van der Waals surface area contributed by atoms with Crippen LogP contribution in [-0.4, -0.2) is 25.0 Å². The van der Waals surface area contributed by atoms with Crippen LogP contribution in [0.5, 0.6) is 0 Å². The van der Waals surface area contributed by atoms with Crippen molar-refractivity contribution >= 4 is 0 Å². The Hall–Kier alpha value is -3.25. The molecule has 5 rings (SSSR count). The first kappa shape index (κ1) is 16.0. The average molecular weight is 357 g/mol. The molecule has 134 valence electrons. The normalized spacial score (nSPS) is 17.0. The van der Waals surface area contributed by atoms with Gasteiger partial charge in [0, 0.05) is 25.1 Å². The maximum absolute atomic E-state index is 5.68. The molecule has 0 aliphatic carbocycles. The van der Waals surface area contributed by atoms with Crippen molar-refractivity contribution < 1.29 is 4.52 Å². The maximum atomic E-state index is 5.68. The number of nitrogens with zero attached hydrogens (tertiary/aromatic N) is 4. The summed E-state index contributed by atoms with van der Waals surface area (Å²) >= 11 is 0. The van der Waals surface area contributed by atoms with Gasteiger partial charge in [-0.25, -0.2) is 4.98 Å². The lowest BCUT2D eigenvalue weighted by atomic mass is 10.0. The van der Waals surface area contributed by atoms with Gasteiger partial charge < -0.3 is 9.51 Å². The first-order valence-corrected chi connectivity index (χ1v) is 9.05. The second kappa shape index (κ2) is 6.81. The second-order valence-electron chi connectivity index (χ2n) is 6.76. The third-order valence-corrected chi connectivity index (χ3v) is 4.98. The zero-order valence-electron chi connectivity index (χ0n) is 14.7. The molecule has 2 aromatic carbocycles. The van der Waals surface area contributed by atoms with E-state index in [0.717, 1.165) is 36.5 Å². The summed E-state index contributed by atoms with van der Waals surface area (Å²) in [6.45, 7) is 1.59. The number of hydrogen-bond acceptors (Lipinski definition) is 5. The zero-order chi connectivity index (χ0) is 18.1. The summed E-state index contributed by atoms with van der Waals surface area (Å²) in [6.07, 6.45) is 2.51. The molecule has 6 heteroatoms. The number of imidazole rings is 1. The number of hydrogen-bond donors (Lipinski definition) is 1. The van der Waals surface area contributed by atoms with Crippen LogP contribution in [-0.2, 0) is 19.5 Å². The number of fused-ring (bicyclic) bond motifs is 1. The molecule has 1 N–H and O–H groups in total. The Bertz CT molecular complexity index is 1020. The van der Waals surface area contributed by atoms with Gasteiger partial charge in [0.05, 0.1) is 23.8 Å². The number of benzene rings is 2. The lowest BCUT2D eigenvalue weighted by Crippen LogP contribution is -2.34. The molecule has 4 aromatic rings. The van der Waals surface area contributed by atoms with Crippen LogP contribution in [0.15, 0.2) is 71.5 Å². The van der Waals surface area contributed by atoms with Crippen LogP contribution in [0.1, 0.15) is 28.9 Å². The molecule has 0 spiro atoms. The minimum Gasteiger partial charge on any atom is -0.347 e. The quantitative estimate of drug-likeness (QED) is 0.602. The Balaban J connectivity index is 1.47. The van der Waals surface area contributed by atoms with Crippen LogP contribution in [0.25, 0.3) is 11.4 Å². The van der Waals surface area contributed by atoms with Gasteiger partial charge in [0.25, 0.3) is 0 Å². The summed E-state index contributed by atoms with van der Waals surface area (Å²) in [7, 11) is 0. The van der Waals surface area contributed by atoms with Crippen molar-refractivity contribution in [2.24, 2.45) is 0 Å². The second-order valence-corrected chi connectivity index (χ2v) is 6.76. The third kappa shape index (κ3) is 3.15. The molecule has 2 aromatic heterocycles. The number of rotatable bonds is 4. The molecule has 0 radical (unpaired) electrons. The number of aromatic amines is 1. The van der Waals surface area contributed by atoms with Crippen molar-refractivity contribution in [1.82, 2.24) is 25.0 Å². The predicted molar refractivity (Wildman–Crippen MR) is 100 cm³/mol. The lowest BCUT2D eigenvalue weighted by molar-refractivity contribution is 0.128. The van der Waals surface area contributed by atoms with Crippen molar-refractivity contribution in [2.75, 3.05) is 0 Å². The van der Waals surface area contributed by atoms with Gasteiger partial charge in [-0.1, -0.05) is 65.8 Å². The van der Waals surface area contributed by atoms with Crippen LogP contribution >= 0.6 is 0 Å². The largest absolute Gasteiger partial charge is 0.347 e. The van der Waals surface area contributed by atoms with E-state index < -0.39 is 0 Å². The highest BCUT2D eigenvalue weighted by Gasteiger charge is 2.33. The number of H-pyrrole nitrogens is 1. The molecule has 0 saturated heterocycles. The smallest absolute Gasteiger partial charge is 0.244 e.